The van der Waals surface area contributed by atoms with Crippen molar-refractivity contribution in [1.82, 2.24) is 9.78 Å². The van der Waals surface area contributed by atoms with Gasteiger partial charge in [0.2, 0.25) is 0 Å². The van der Waals surface area contributed by atoms with Gasteiger partial charge in [-0.1, -0.05) is 31.5 Å². The molecule has 4 nitrogen and oxygen atoms in total. The number of aromatic nitrogens is 2. The van der Waals surface area contributed by atoms with Crippen molar-refractivity contribution in [2.24, 2.45) is 7.05 Å². The predicted molar refractivity (Wildman–Crippen MR) is 81.1 cm³/mol. The average molecular weight is 271 g/mol. The van der Waals surface area contributed by atoms with Gasteiger partial charge in [-0.05, 0) is 37.5 Å². The first-order valence-corrected chi connectivity index (χ1v) is 6.93. The van der Waals surface area contributed by atoms with Crippen molar-refractivity contribution in [3.8, 4) is 0 Å². The van der Waals surface area contributed by atoms with Crippen LogP contribution in [0.15, 0.2) is 24.3 Å². The maximum atomic E-state index is 12.4. The van der Waals surface area contributed by atoms with E-state index in [9.17, 15) is 4.79 Å². The van der Waals surface area contributed by atoms with Crippen molar-refractivity contribution < 1.29 is 4.79 Å². The van der Waals surface area contributed by atoms with Crippen molar-refractivity contribution in [1.29, 1.82) is 0 Å². The molecule has 0 atom stereocenters. The van der Waals surface area contributed by atoms with Crippen LogP contribution in [0, 0.1) is 13.8 Å². The van der Waals surface area contributed by atoms with Crippen molar-refractivity contribution in [3.63, 3.8) is 0 Å². The molecule has 1 N–H and O–H groups in total. The van der Waals surface area contributed by atoms with Crippen LogP contribution in [0.5, 0.6) is 0 Å². The molecular weight excluding hydrogens is 250 g/mol. The minimum atomic E-state index is -0.111. The summed E-state index contributed by atoms with van der Waals surface area (Å²) in [5, 5.41) is 7.36. The summed E-state index contributed by atoms with van der Waals surface area (Å²) in [6.45, 7) is 6.09. The number of carbonyl (C=O) groups is 1. The molecule has 0 aliphatic heterocycles. The number of hydrogen-bond donors (Lipinski definition) is 1. The van der Waals surface area contributed by atoms with Gasteiger partial charge in [-0.3, -0.25) is 9.48 Å². The van der Waals surface area contributed by atoms with Crippen LogP contribution >= 0.6 is 0 Å². The zero-order valence-electron chi connectivity index (χ0n) is 12.5. The van der Waals surface area contributed by atoms with E-state index in [1.54, 1.807) is 11.7 Å². The second-order valence-electron chi connectivity index (χ2n) is 5.12. The second kappa shape index (κ2) is 5.90. The molecule has 106 valence electrons. The molecule has 0 radical (unpaired) electrons. The minimum Gasteiger partial charge on any atom is -0.320 e. The third kappa shape index (κ3) is 2.90. The van der Waals surface area contributed by atoms with Crippen LogP contribution in [0.1, 0.15) is 40.7 Å². The van der Waals surface area contributed by atoms with Crippen LogP contribution in [-0.4, -0.2) is 15.7 Å². The highest BCUT2D eigenvalue weighted by atomic mass is 16.2. The van der Waals surface area contributed by atoms with E-state index in [2.05, 4.69) is 17.3 Å². The Hall–Kier alpha value is -2.10. The molecule has 1 aromatic heterocycles. The molecule has 0 fully saturated rings. The number of nitrogens with zero attached hydrogens (tertiary/aromatic N) is 2. The van der Waals surface area contributed by atoms with Gasteiger partial charge < -0.3 is 5.32 Å². The zero-order valence-corrected chi connectivity index (χ0v) is 12.5. The Morgan fingerprint density at radius 3 is 2.55 bits per heavy atom. The Morgan fingerprint density at radius 2 is 1.95 bits per heavy atom. The smallest absolute Gasteiger partial charge is 0.273 e. The lowest BCUT2D eigenvalue weighted by atomic mass is 10.1. The Morgan fingerprint density at radius 1 is 1.30 bits per heavy atom. The van der Waals surface area contributed by atoms with Crippen LogP contribution in [0.25, 0.3) is 0 Å². The fourth-order valence-electron chi connectivity index (χ4n) is 2.31. The number of para-hydroxylation sites is 1. The normalized spacial score (nSPS) is 10.6. The van der Waals surface area contributed by atoms with E-state index in [0.717, 1.165) is 35.3 Å². The molecule has 1 heterocycles. The third-order valence-electron chi connectivity index (χ3n) is 3.39. The van der Waals surface area contributed by atoms with E-state index in [1.165, 1.54) is 0 Å². The van der Waals surface area contributed by atoms with E-state index < -0.39 is 0 Å². The van der Waals surface area contributed by atoms with Crippen LogP contribution in [-0.2, 0) is 13.5 Å². The third-order valence-corrected chi connectivity index (χ3v) is 3.39. The van der Waals surface area contributed by atoms with Gasteiger partial charge in [0, 0.05) is 12.7 Å². The van der Waals surface area contributed by atoms with Crippen molar-refractivity contribution in [3.05, 3.63) is 46.8 Å². The minimum absolute atomic E-state index is 0.111. The molecule has 4 heteroatoms. The second-order valence-corrected chi connectivity index (χ2v) is 5.12. The molecule has 0 saturated heterocycles. The van der Waals surface area contributed by atoms with Gasteiger partial charge in [-0.2, -0.15) is 5.10 Å². The van der Waals surface area contributed by atoms with Gasteiger partial charge in [-0.15, -0.1) is 0 Å². The van der Waals surface area contributed by atoms with Crippen molar-refractivity contribution in [2.45, 2.75) is 33.6 Å². The molecule has 2 aromatic rings. The number of amides is 1. The van der Waals surface area contributed by atoms with Gasteiger partial charge in [0.15, 0.2) is 0 Å². The molecule has 1 amide bonds. The average Bonchev–Trinajstić information content (AvgIpc) is 2.75. The first kappa shape index (κ1) is 14.3. The van der Waals surface area contributed by atoms with Gasteiger partial charge in [0.1, 0.15) is 5.69 Å². The summed E-state index contributed by atoms with van der Waals surface area (Å²) in [4.78, 5) is 12.4. The van der Waals surface area contributed by atoms with Crippen molar-refractivity contribution in [2.75, 3.05) is 5.32 Å². The Kier molecular flexibility index (Phi) is 4.23. The summed E-state index contributed by atoms with van der Waals surface area (Å²) in [5.74, 6) is -0.111. The quantitative estimate of drug-likeness (QED) is 0.928. The molecule has 0 bridgehead atoms. The largest absolute Gasteiger partial charge is 0.320 e. The van der Waals surface area contributed by atoms with E-state index in [1.807, 2.05) is 38.1 Å². The summed E-state index contributed by atoms with van der Waals surface area (Å²) < 4.78 is 1.65. The molecule has 20 heavy (non-hydrogen) atoms. The van der Waals surface area contributed by atoms with Crippen LogP contribution in [0.2, 0.25) is 0 Å². The summed E-state index contributed by atoms with van der Waals surface area (Å²) >= 11 is 0. The lowest BCUT2D eigenvalue weighted by molar-refractivity contribution is 0.101. The maximum Gasteiger partial charge on any atom is 0.273 e. The summed E-state index contributed by atoms with van der Waals surface area (Å²) in [6.07, 6.45) is 1.92. The van der Waals surface area contributed by atoms with Crippen LogP contribution in [0.3, 0.4) is 0 Å². The highest BCUT2D eigenvalue weighted by Gasteiger charge is 2.14. The highest BCUT2D eigenvalue weighted by Crippen LogP contribution is 2.20. The Balaban J connectivity index is 2.24. The number of benzene rings is 1. The van der Waals surface area contributed by atoms with E-state index in [0.29, 0.717) is 5.69 Å². The lowest BCUT2D eigenvalue weighted by Crippen LogP contribution is -2.17. The predicted octanol–water partition coefficient (Wildman–Crippen LogP) is 3.24. The first-order chi connectivity index (χ1) is 9.52. The number of anilines is 1. The molecular formula is C16H21N3O. The number of carbonyl (C=O) groups excluding carboxylic acids is 1. The Labute approximate surface area is 119 Å². The molecule has 0 aliphatic carbocycles. The Bertz CT molecular complexity index is 608. The molecule has 0 spiro atoms. The molecule has 2 rings (SSSR count). The first-order valence-electron chi connectivity index (χ1n) is 6.93. The van der Waals surface area contributed by atoms with Crippen LogP contribution < -0.4 is 5.32 Å². The number of aryl methyl sites for hydroxylation is 4. The molecule has 1 aromatic carbocycles. The summed E-state index contributed by atoms with van der Waals surface area (Å²) in [7, 11) is 1.80. The van der Waals surface area contributed by atoms with Gasteiger partial charge >= 0.3 is 0 Å². The number of nitrogens with one attached hydrogen (secondary N) is 1. The summed E-state index contributed by atoms with van der Waals surface area (Å²) in [5.41, 5.74) is 4.57. The molecule has 0 saturated carbocycles. The summed E-state index contributed by atoms with van der Waals surface area (Å²) in [6, 6.07) is 7.85. The maximum absolute atomic E-state index is 12.4. The van der Waals surface area contributed by atoms with Crippen molar-refractivity contribution >= 4 is 11.6 Å². The topological polar surface area (TPSA) is 46.9 Å². The molecule has 0 aliphatic rings. The lowest BCUT2D eigenvalue weighted by Gasteiger charge is -2.11. The number of hydrogen-bond acceptors (Lipinski definition) is 2. The fourth-order valence-corrected chi connectivity index (χ4v) is 2.31. The standard InChI is InChI=1S/C16H21N3O/c1-5-7-13-10-14(19(4)18-13)16(20)17-15-11(2)8-6-9-12(15)3/h6,8-10H,5,7H2,1-4H3,(H,17,20). The van der Waals surface area contributed by atoms with Gasteiger partial charge in [-0.25, -0.2) is 0 Å². The highest BCUT2D eigenvalue weighted by molar-refractivity contribution is 6.04. The molecule has 0 unspecified atom stereocenters. The van der Waals surface area contributed by atoms with Gasteiger partial charge in [0.05, 0.1) is 5.69 Å². The van der Waals surface area contributed by atoms with E-state index >= 15 is 0 Å². The monoisotopic (exact) mass is 271 g/mol. The zero-order chi connectivity index (χ0) is 14.7. The number of rotatable bonds is 4. The van der Waals surface area contributed by atoms with E-state index in [4.69, 9.17) is 0 Å². The fraction of sp³-hybridized carbons (Fsp3) is 0.375. The van der Waals surface area contributed by atoms with Gasteiger partial charge in [0.25, 0.3) is 5.91 Å². The van der Waals surface area contributed by atoms with E-state index in [-0.39, 0.29) is 5.91 Å². The van der Waals surface area contributed by atoms with Crippen LogP contribution in [0.4, 0.5) is 5.69 Å². The SMILES string of the molecule is CCCc1cc(C(=O)Nc2c(C)cccc2C)n(C)n1.